The number of amides is 2. The van der Waals surface area contributed by atoms with Crippen molar-refractivity contribution in [2.24, 2.45) is 0 Å². The van der Waals surface area contributed by atoms with Crippen molar-refractivity contribution in [3.8, 4) is 0 Å². The lowest BCUT2D eigenvalue weighted by atomic mass is 10.2. The topological polar surface area (TPSA) is 55.9 Å². The highest BCUT2D eigenvalue weighted by Crippen LogP contribution is 2.14. The summed E-state index contributed by atoms with van der Waals surface area (Å²) in [5, 5.41) is 2.72. The maximum absolute atomic E-state index is 13.2. The normalized spacial score (nSPS) is 20.2. The maximum atomic E-state index is 13.2. The van der Waals surface area contributed by atoms with Gasteiger partial charge in [0.25, 0.3) is 0 Å². The molecule has 2 saturated heterocycles. The number of piperazine rings is 1. The highest BCUT2D eigenvalue weighted by Gasteiger charge is 2.30. The molecule has 1 aromatic rings. The van der Waals surface area contributed by atoms with Crippen molar-refractivity contribution in [2.45, 2.75) is 25.8 Å². The van der Waals surface area contributed by atoms with Crippen LogP contribution in [0.4, 0.5) is 10.1 Å². The summed E-state index contributed by atoms with van der Waals surface area (Å²) in [6, 6.07) is 5.80. The Hall–Kier alpha value is -1.99. The Kier molecular flexibility index (Phi) is 6.21. The van der Waals surface area contributed by atoms with Gasteiger partial charge in [-0.2, -0.15) is 0 Å². The van der Waals surface area contributed by atoms with Crippen LogP contribution in [-0.4, -0.2) is 78.4 Å². The van der Waals surface area contributed by atoms with Gasteiger partial charge in [0.05, 0.1) is 12.6 Å². The first kappa shape index (κ1) is 18.8. The molecular weight excluding hydrogens is 335 g/mol. The number of halogens is 1. The van der Waals surface area contributed by atoms with E-state index < -0.39 is 0 Å². The van der Waals surface area contributed by atoms with Crippen LogP contribution in [0.1, 0.15) is 19.8 Å². The van der Waals surface area contributed by atoms with Crippen molar-refractivity contribution in [1.29, 1.82) is 0 Å². The highest BCUT2D eigenvalue weighted by atomic mass is 19.1. The molecule has 2 heterocycles. The Morgan fingerprint density at radius 3 is 2.46 bits per heavy atom. The SMILES string of the molecule is C[C@H](C(=O)N1CCCC1)N1CCN(CC(=O)Nc2cccc(F)c2)CC1. The molecule has 0 bridgehead atoms. The zero-order chi connectivity index (χ0) is 18.5. The molecule has 1 atom stereocenters. The second-order valence-electron chi connectivity index (χ2n) is 7.08. The standard InChI is InChI=1S/C19H27FN4O2/c1-15(19(26)24-7-2-3-8-24)23-11-9-22(10-12-23)14-18(25)21-17-6-4-5-16(20)13-17/h4-6,13,15H,2-3,7-12,14H2,1H3,(H,21,25)/t15-/m1/s1. The van der Waals surface area contributed by atoms with Gasteiger partial charge < -0.3 is 10.2 Å². The van der Waals surface area contributed by atoms with Gasteiger partial charge in [-0.15, -0.1) is 0 Å². The third-order valence-corrected chi connectivity index (χ3v) is 5.21. The van der Waals surface area contributed by atoms with Crippen molar-refractivity contribution < 1.29 is 14.0 Å². The molecule has 0 saturated carbocycles. The first-order valence-electron chi connectivity index (χ1n) is 9.33. The van der Waals surface area contributed by atoms with Crippen LogP contribution >= 0.6 is 0 Å². The molecule has 2 aliphatic rings. The largest absolute Gasteiger partial charge is 0.341 e. The minimum absolute atomic E-state index is 0.101. The van der Waals surface area contributed by atoms with Crippen LogP contribution in [0.15, 0.2) is 24.3 Å². The van der Waals surface area contributed by atoms with Gasteiger partial charge in [-0.05, 0) is 38.0 Å². The summed E-state index contributed by atoms with van der Waals surface area (Å²) in [5.74, 6) is -0.293. The van der Waals surface area contributed by atoms with Crippen LogP contribution in [-0.2, 0) is 9.59 Å². The smallest absolute Gasteiger partial charge is 0.239 e. The number of likely N-dealkylation sites (tertiary alicyclic amines) is 1. The minimum Gasteiger partial charge on any atom is -0.341 e. The molecule has 0 spiro atoms. The number of carbonyl (C=O) groups excluding carboxylic acids is 2. The molecule has 2 fully saturated rings. The number of benzene rings is 1. The Bertz CT molecular complexity index is 640. The first-order chi connectivity index (χ1) is 12.5. The first-order valence-corrected chi connectivity index (χ1v) is 9.33. The van der Waals surface area contributed by atoms with Crippen LogP contribution < -0.4 is 5.32 Å². The Morgan fingerprint density at radius 2 is 1.81 bits per heavy atom. The summed E-state index contributed by atoms with van der Waals surface area (Å²) in [4.78, 5) is 30.9. The van der Waals surface area contributed by atoms with E-state index in [-0.39, 0.29) is 30.2 Å². The molecule has 7 heteroatoms. The third kappa shape index (κ3) is 4.80. The number of carbonyl (C=O) groups is 2. The van der Waals surface area contributed by atoms with Crippen molar-refractivity contribution in [3.63, 3.8) is 0 Å². The second kappa shape index (κ2) is 8.60. The molecule has 1 N–H and O–H groups in total. The minimum atomic E-state index is -0.368. The maximum Gasteiger partial charge on any atom is 0.239 e. The Morgan fingerprint density at radius 1 is 1.12 bits per heavy atom. The number of rotatable bonds is 5. The summed E-state index contributed by atoms with van der Waals surface area (Å²) in [7, 11) is 0. The van der Waals surface area contributed by atoms with Gasteiger partial charge in [0, 0.05) is 45.0 Å². The van der Waals surface area contributed by atoms with Gasteiger partial charge in [-0.25, -0.2) is 4.39 Å². The monoisotopic (exact) mass is 362 g/mol. The Labute approximate surface area is 153 Å². The highest BCUT2D eigenvalue weighted by molar-refractivity contribution is 5.92. The summed E-state index contributed by atoms with van der Waals surface area (Å²) < 4.78 is 13.2. The van der Waals surface area contributed by atoms with Crippen molar-refractivity contribution in [3.05, 3.63) is 30.1 Å². The van der Waals surface area contributed by atoms with Gasteiger partial charge in [-0.3, -0.25) is 19.4 Å². The molecule has 0 aromatic heterocycles. The molecular formula is C19H27FN4O2. The average Bonchev–Trinajstić information content (AvgIpc) is 3.15. The van der Waals surface area contributed by atoms with E-state index in [0.717, 1.165) is 52.1 Å². The molecule has 3 rings (SSSR count). The van der Waals surface area contributed by atoms with Crippen LogP contribution in [0.3, 0.4) is 0 Å². The molecule has 2 aliphatic heterocycles. The third-order valence-electron chi connectivity index (χ3n) is 5.21. The molecule has 0 unspecified atom stereocenters. The lowest BCUT2D eigenvalue weighted by Gasteiger charge is -2.38. The molecule has 0 aliphatic carbocycles. The van der Waals surface area contributed by atoms with Crippen LogP contribution in [0.25, 0.3) is 0 Å². The molecule has 1 aromatic carbocycles. The fourth-order valence-corrected chi connectivity index (χ4v) is 3.64. The quantitative estimate of drug-likeness (QED) is 0.860. The number of hydrogen-bond acceptors (Lipinski definition) is 4. The number of nitrogens with zero attached hydrogens (tertiary/aromatic N) is 3. The van der Waals surface area contributed by atoms with Crippen molar-refractivity contribution in [2.75, 3.05) is 51.1 Å². The number of anilines is 1. The van der Waals surface area contributed by atoms with Gasteiger partial charge >= 0.3 is 0 Å². The second-order valence-corrected chi connectivity index (χ2v) is 7.08. The van der Waals surface area contributed by atoms with E-state index in [1.165, 1.54) is 12.1 Å². The van der Waals surface area contributed by atoms with Crippen LogP contribution in [0.2, 0.25) is 0 Å². The lowest BCUT2D eigenvalue weighted by Crippen LogP contribution is -2.55. The fraction of sp³-hybridized carbons (Fsp3) is 0.579. The predicted molar refractivity (Wildman–Crippen MR) is 98.3 cm³/mol. The van der Waals surface area contributed by atoms with Crippen LogP contribution in [0.5, 0.6) is 0 Å². The Balaban J connectivity index is 1.43. The summed E-state index contributed by atoms with van der Waals surface area (Å²) in [6.45, 7) is 7.04. The van der Waals surface area contributed by atoms with E-state index in [0.29, 0.717) is 5.69 Å². The molecule has 26 heavy (non-hydrogen) atoms. The number of nitrogens with one attached hydrogen (secondary N) is 1. The summed E-state index contributed by atoms with van der Waals surface area (Å²) >= 11 is 0. The van der Waals surface area contributed by atoms with Crippen LogP contribution in [0, 0.1) is 5.82 Å². The van der Waals surface area contributed by atoms with E-state index in [9.17, 15) is 14.0 Å². The van der Waals surface area contributed by atoms with Crippen molar-refractivity contribution >= 4 is 17.5 Å². The van der Waals surface area contributed by atoms with Gasteiger partial charge in [-0.1, -0.05) is 6.07 Å². The zero-order valence-corrected chi connectivity index (χ0v) is 15.3. The average molecular weight is 362 g/mol. The lowest BCUT2D eigenvalue weighted by molar-refractivity contribution is -0.136. The summed E-state index contributed by atoms with van der Waals surface area (Å²) in [5.41, 5.74) is 0.471. The van der Waals surface area contributed by atoms with Crippen molar-refractivity contribution in [1.82, 2.24) is 14.7 Å². The predicted octanol–water partition coefficient (Wildman–Crippen LogP) is 1.39. The van der Waals surface area contributed by atoms with Gasteiger partial charge in [0.1, 0.15) is 5.82 Å². The van der Waals surface area contributed by atoms with Gasteiger partial charge in [0.2, 0.25) is 11.8 Å². The fourth-order valence-electron chi connectivity index (χ4n) is 3.64. The van der Waals surface area contributed by atoms with E-state index in [4.69, 9.17) is 0 Å². The molecule has 142 valence electrons. The summed E-state index contributed by atoms with van der Waals surface area (Å²) in [6.07, 6.45) is 2.21. The molecule has 2 amide bonds. The van der Waals surface area contributed by atoms with E-state index in [1.54, 1.807) is 12.1 Å². The van der Waals surface area contributed by atoms with E-state index in [1.807, 2.05) is 11.8 Å². The number of hydrogen-bond donors (Lipinski definition) is 1. The zero-order valence-electron chi connectivity index (χ0n) is 15.3. The molecule has 0 radical (unpaired) electrons. The van der Waals surface area contributed by atoms with E-state index >= 15 is 0 Å². The van der Waals surface area contributed by atoms with E-state index in [2.05, 4.69) is 15.1 Å². The van der Waals surface area contributed by atoms with Gasteiger partial charge in [0.15, 0.2) is 0 Å². The molecule has 6 nitrogen and oxygen atoms in total.